The third-order valence-electron chi connectivity index (χ3n) is 4.77. The number of benzene rings is 2. The highest BCUT2D eigenvalue weighted by atomic mass is 35.5. The van der Waals surface area contributed by atoms with Gasteiger partial charge in [0, 0.05) is 43.0 Å². The highest BCUT2D eigenvalue weighted by Crippen LogP contribution is 2.28. The Morgan fingerprint density at radius 1 is 1.13 bits per heavy atom. The molecule has 0 fully saturated rings. The maximum absolute atomic E-state index is 12.3. The monoisotopic (exact) mass is 420 g/mol. The number of amides is 1. The van der Waals surface area contributed by atoms with Gasteiger partial charge in [-0.1, -0.05) is 35.9 Å². The number of aromatic nitrogens is 3. The molecule has 0 saturated heterocycles. The van der Waals surface area contributed by atoms with Gasteiger partial charge in [-0.25, -0.2) is 9.97 Å². The lowest BCUT2D eigenvalue weighted by atomic mass is 10.2. The Labute approximate surface area is 179 Å². The van der Waals surface area contributed by atoms with Crippen LogP contribution in [0.1, 0.15) is 23.7 Å². The van der Waals surface area contributed by atoms with Gasteiger partial charge in [0.25, 0.3) is 0 Å². The first-order valence-corrected chi connectivity index (χ1v) is 10.0. The zero-order valence-corrected chi connectivity index (χ0v) is 17.3. The number of hydrogen-bond donors (Lipinski definition) is 1. The predicted molar refractivity (Wildman–Crippen MR) is 116 cm³/mol. The van der Waals surface area contributed by atoms with Gasteiger partial charge < -0.3 is 14.3 Å². The van der Waals surface area contributed by atoms with Gasteiger partial charge in [0.15, 0.2) is 11.7 Å². The molecule has 0 atom stereocenters. The highest BCUT2D eigenvalue weighted by Gasteiger charge is 2.11. The SMILES string of the molecule is Cc1nccn1Cc1ccc(NC(=O)CCc2ncc(-c3ccccc3Cl)o2)cc1. The van der Waals surface area contributed by atoms with Gasteiger partial charge in [0.1, 0.15) is 5.82 Å². The topological polar surface area (TPSA) is 73.0 Å². The molecule has 30 heavy (non-hydrogen) atoms. The minimum absolute atomic E-state index is 0.0919. The average molecular weight is 421 g/mol. The van der Waals surface area contributed by atoms with Crippen molar-refractivity contribution in [3.63, 3.8) is 0 Å². The van der Waals surface area contributed by atoms with Gasteiger partial charge in [-0.05, 0) is 36.8 Å². The maximum Gasteiger partial charge on any atom is 0.224 e. The minimum Gasteiger partial charge on any atom is -0.441 e. The van der Waals surface area contributed by atoms with Gasteiger partial charge in [0.2, 0.25) is 5.91 Å². The molecule has 4 rings (SSSR count). The lowest BCUT2D eigenvalue weighted by Crippen LogP contribution is -2.12. The molecule has 4 aromatic rings. The first kappa shape index (κ1) is 19.9. The lowest BCUT2D eigenvalue weighted by Gasteiger charge is -2.08. The van der Waals surface area contributed by atoms with Gasteiger partial charge >= 0.3 is 0 Å². The zero-order valence-electron chi connectivity index (χ0n) is 16.5. The summed E-state index contributed by atoms with van der Waals surface area (Å²) in [6.45, 7) is 2.72. The van der Waals surface area contributed by atoms with E-state index in [1.165, 1.54) is 0 Å². The number of imidazole rings is 1. The largest absolute Gasteiger partial charge is 0.441 e. The third kappa shape index (κ3) is 4.78. The van der Waals surface area contributed by atoms with E-state index < -0.39 is 0 Å². The van der Waals surface area contributed by atoms with Crippen LogP contribution in [0.5, 0.6) is 0 Å². The standard InChI is InChI=1S/C23H21ClN4O2/c1-16-25-12-13-28(16)15-17-6-8-18(9-7-17)27-22(29)10-11-23-26-14-21(30-23)19-4-2-3-5-20(19)24/h2-9,12-14H,10-11,15H2,1H3,(H,27,29). The van der Waals surface area contributed by atoms with Crippen LogP contribution in [0.3, 0.4) is 0 Å². The molecule has 0 bridgehead atoms. The number of carbonyl (C=O) groups excluding carboxylic acids is 1. The molecule has 2 aromatic heterocycles. The summed E-state index contributed by atoms with van der Waals surface area (Å²) < 4.78 is 7.81. The second-order valence-corrected chi connectivity index (χ2v) is 7.35. The molecule has 0 saturated carbocycles. The molecule has 2 heterocycles. The Balaban J connectivity index is 1.30. The van der Waals surface area contributed by atoms with Gasteiger partial charge in [0.05, 0.1) is 11.2 Å². The number of nitrogens with one attached hydrogen (secondary N) is 1. The molecule has 0 aliphatic heterocycles. The molecule has 0 aliphatic carbocycles. The molecule has 0 unspecified atom stereocenters. The summed E-state index contributed by atoms with van der Waals surface area (Å²) in [6, 6.07) is 15.2. The Hall–Kier alpha value is -3.38. The van der Waals surface area contributed by atoms with Crippen LogP contribution < -0.4 is 5.32 Å². The second kappa shape index (κ2) is 8.97. The molecule has 7 heteroatoms. The summed E-state index contributed by atoms with van der Waals surface area (Å²) in [5.41, 5.74) is 2.68. The van der Waals surface area contributed by atoms with Gasteiger partial charge in [-0.15, -0.1) is 0 Å². The van der Waals surface area contributed by atoms with Gasteiger partial charge in [-0.3, -0.25) is 4.79 Å². The van der Waals surface area contributed by atoms with E-state index in [2.05, 4.69) is 19.9 Å². The smallest absolute Gasteiger partial charge is 0.224 e. The second-order valence-electron chi connectivity index (χ2n) is 6.95. The van der Waals surface area contributed by atoms with Gasteiger partial charge in [-0.2, -0.15) is 0 Å². The van der Waals surface area contributed by atoms with E-state index >= 15 is 0 Å². The summed E-state index contributed by atoms with van der Waals surface area (Å²) in [7, 11) is 0. The quantitative estimate of drug-likeness (QED) is 0.450. The van der Waals surface area contributed by atoms with E-state index in [0.29, 0.717) is 23.1 Å². The summed E-state index contributed by atoms with van der Waals surface area (Å²) in [4.78, 5) is 20.8. The number of nitrogens with zero attached hydrogens (tertiary/aromatic N) is 3. The summed E-state index contributed by atoms with van der Waals surface area (Å²) in [6.07, 6.45) is 6.06. The molecule has 0 radical (unpaired) electrons. The molecular formula is C23H21ClN4O2. The van der Waals surface area contributed by atoms with E-state index in [1.807, 2.05) is 55.6 Å². The number of halogens is 1. The highest BCUT2D eigenvalue weighted by molar-refractivity contribution is 6.33. The summed E-state index contributed by atoms with van der Waals surface area (Å²) in [5, 5.41) is 3.51. The number of oxazole rings is 1. The fourth-order valence-electron chi connectivity index (χ4n) is 3.12. The van der Waals surface area contributed by atoms with Crippen molar-refractivity contribution in [3.8, 4) is 11.3 Å². The predicted octanol–water partition coefficient (Wildman–Crippen LogP) is 5.12. The van der Waals surface area contributed by atoms with E-state index in [9.17, 15) is 4.79 Å². The molecule has 1 N–H and O–H groups in total. The van der Waals surface area contributed by atoms with Crippen LogP contribution in [-0.2, 0) is 17.8 Å². The molecule has 0 spiro atoms. The number of carbonyl (C=O) groups is 1. The van der Waals surface area contributed by atoms with E-state index in [4.69, 9.17) is 16.0 Å². The van der Waals surface area contributed by atoms with Crippen molar-refractivity contribution >= 4 is 23.2 Å². The van der Waals surface area contributed by atoms with E-state index in [0.717, 1.165) is 29.2 Å². The molecule has 1 amide bonds. The number of hydrogen-bond acceptors (Lipinski definition) is 4. The van der Waals surface area contributed by atoms with Crippen LogP contribution in [-0.4, -0.2) is 20.4 Å². The lowest BCUT2D eigenvalue weighted by molar-refractivity contribution is -0.116. The van der Waals surface area contributed by atoms with Crippen molar-refractivity contribution < 1.29 is 9.21 Å². The van der Waals surface area contributed by atoms with E-state index in [-0.39, 0.29) is 12.3 Å². The molecule has 6 nitrogen and oxygen atoms in total. The summed E-state index contributed by atoms with van der Waals surface area (Å²) in [5.74, 6) is 1.98. The van der Waals surface area contributed by atoms with E-state index in [1.54, 1.807) is 18.5 Å². The van der Waals surface area contributed by atoms with Crippen molar-refractivity contribution in [2.45, 2.75) is 26.3 Å². The number of aryl methyl sites for hydroxylation is 2. The van der Waals surface area contributed by atoms with Crippen LogP contribution in [0, 0.1) is 6.92 Å². The molecular weight excluding hydrogens is 400 g/mol. The molecule has 0 aliphatic rings. The van der Waals surface area contributed by atoms with Crippen molar-refractivity contribution in [2.75, 3.05) is 5.32 Å². The third-order valence-corrected chi connectivity index (χ3v) is 5.10. The molecule has 2 aromatic carbocycles. The van der Waals surface area contributed by atoms with Crippen LogP contribution in [0.4, 0.5) is 5.69 Å². The Morgan fingerprint density at radius 3 is 2.67 bits per heavy atom. The normalized spacial score (nSPS) is 10.9. The fraction of sp³-hybridized carbons (Fsp3) is 0.174. The van der Waals surface area contributed by atoms with Crippen molar-refractivity contribution in [2.24, 2.45) is 0 Å². The van der Waals surface area contributed by atoms with Crippen LogP contribution in [0.2, 0.25) is 5.02 Å². The Bertz CT molecular complexity index is 1150. The fourth-order valence-corrected chi connectivity index (χ4v) is 3.35. The van der Waals surface area contributed by atoms with Crippen molar-refractivity contribution in [1.29, 1.82) is 0 Å². The van der Waals surface area contributed by atoms with Crippen molar-refractivity contribution in [1.82, 2.24) is 14.5 Å². The number of rotatable bonds is 7. The van der Waals surface area contributed by atoms with Crippen LogP contribution >= 0.6 is 11.6 Å². The minimum atomic E-state index is -0.0919. The summed E-state index contributed by atoms with van der Waals surface area (Å²) >= 11 is 6.19. The molecule has 152 valence electrons. The number of anilines is 1. The maximum atomic E-state index is 12.3. The van der Waals surface area contributed by atoms with Crippen molar-refractivity contribution in [3.05, 3.63) is 89.4 Å². The first-order chi connectivity index (χ1) is 14.6. The first-order valence-electron chi connectivity index (χ1n) is 9.64. The van der Waals surface area contributed by atoms with Crippen LogP contribution in [0.15, 0.2) is 71.5 Å². The Kier molecular flexibility index (Phi) is 5.95. The van der Waals surface area contributed by atoms with Crippen LogP contribution in [0.25, 0.3) is 11.3 Å². The average Bonchev–Trinajstić information content (AvgIpc) is 3.38. The zero-order chi connectivity index (χ0) is 20.9. The Morgan fingerprint density at radius 2 is 1.93 bits per heavy atom.